The van der Waals surface area contributed by atoms with E-state index in [9.17, 15) is 0 Å². The van der Waals surface area contributed by atoms with Crippen molar-refractivity contribution in [1.29, 1.82) is 0 Å². The predicted molar refractivity (Wildman–Crippen MR) is 71.7 cm³/mol. The number of nitrogens with zero attached hydrogens (tertiary/aromatic N) is 2. The minimum atomic E-state index is 0.394. The van der Waals surface area contributed by atoms with E-state index in [-0.39, 0.29) is 0 Å². The Morgan fingerprint density at radius 3 is 2.72 bits per heavy atom. The van der Waals surface area contributed by atoms with Crippen LogP contribution in [0.3, 0.4) is 0 Å². The van der Waals surface area contributed by atoms with E-state index in [0.717, 1.165) is 24.5 Å². The standard InChI is InChI=1S/C15H19N3/c1-10(2)14-16-15(18-17-14)13-8-7-11-5-3-4-6-12(11)9-13/h3-6,10,13H,7-9H2,1-2H3,(H,16,17,18). The van der Waals surface area contributed by atoms with Crippen LogP contribution < -0.4 is 0 Å². The molecule has 1 N–H and O–H groups in total. The van der Waals surface area contributed by atoms with Crippen molar-refractivity contribution in [3.63, 3.8) is 0 Å². The molecule has 0 fully saturated rings. The fraction of sp³-hybridized carbons (Fsp3) is 0.467. The van der Waals surface area contributed by atoms with Crippen molar-refractivity contribution in [2.75, 3.05) is 0 Å². The Labute approximate surface area is 108 Å². The molecule has 94 valence electrons. The van der Waals surface area contributed by atoms with E-state index < -0.39 is 0 Å². The van der Waals surface area contributed by atoms with E-state index in [1.165, 1.54) is 17.5 Å². The van der Waals surface area contributed by atoms with Crippen LogP contribution in [0.5, 0.6) is 0 Å². The van der Waals surface area contributed by atoms with Gasteiger partial charge in [0.05, 0.1) is 0 Å². The Morgan fingerprint density at radius 1 is 1.22 bits per heavy atom. The molecule has 0 saturated heterocycles. The fourth-order valence-electron chi connectivity index (χ4n) is 2.66. The molecule has 2 aromatic rings. The zero-order chi connectivity index (χ0) is 12.5. The van der Waals surface area contributed by atoms with E-state index >= 15 is 0 Å². The number of benzene rings is 1. The predicted octanol–water partition coefficient (Wildman–Crippen LogP) is 3.20. The smallest absolute Gasteiger partial charge is 0.153 e. The fourth-order valence-corrected chi connectivity index (χ4v) is 2.66. The highest BCUT2D eigenvalue weighted by Crippen LogP contribution is 2.31. The van der Waals surface area contributed by atoms with Crippen LogP contribution in [0.2, 0.25) is 0 Å². The summed E-state index contributed by atoms with van der Waals surface area (Å²) in [6.07, 6.45) is 3.41. The summed E-state index contributed by atoms with van der Waals surface area (Å²) in [6, 6.07) is 8.73. The number of hydrogen-bond donors (Lipinski definition) is 1. The molecule has 1 aliphatic carbocycles. The lowest BCUT2D eigenvalue weighted by atomic mass is 9.83. The lowest BCUT2D eigenvalue weighted by Gasteiger charge is -2.22. The number of nitrogens with one attached hydrogen (secondary N) is 1. The molecule has 3 nitrogen and oxygen atoms in total. The lowest BCUT2D eigenvalue weighted by molar-refractivity contribution is 0.556. The molecule has 1 aromatic carbocycles. The summed E-state index contributed by atoms with van der Waals surface area (Å²) in [6.45, 7) is 4.26. The monoisotopic (exact) mass is 241 g/mol. The summed E-state index contributed by atoms with van der Waals surface area (Å²) in [4.78, 5) is 4.64. The Hall–Kier alpha value is -1.64. The number of aromatic nitrogens is 3. The maximum absolute atomic E-state index is 4.64. The zero-order valence-corrected chi connectivity index (χ0v) is 11.0. The highest BCUT2D eigenvalue weighted by Gasteiger charge is 2.22. The third-order valence-corrected chi connectivity index (χ3v) is 3.77. The van der Waals surface area contributed by atoms with Crippen LogP contribution in [-0.4, -0.2) is 15.2 Å². The van der Waals surface area contributed by atoms with Gasteiger partial charge in [-0.15, -0.1) is 0 Å². The highest BCUT2D eigenvalue weighted by molar-refractivity contribution is 5.31. The molecule has 0 saturated carbocycles. The van der Waals surface area contributed by atoms with Crippen molar-refractivity contribution in [3.05, 3.63) is 47.0 Å². The van der Waals surface area contributed by atoms with Crippen LogP contribution in [0, 0.1) is 0 Å². The average molecular weight is 241 g/mol. The summed E-state index contributed by atoms with van der Waals surface area (Å²) in [7, 11) is 0. The number of H-pyrrole nitrogens is 1. The minimum Gasteiger partial charge on any atom is -0.263 e. The van der Waals surface area contributed by atoms with Crippen molar-refractivity contribution < 1.29 is 0 Å². The Morgan fingerprint density at radius 2 is 2.00 bits per heavy atom. The van der Waals surface area contributed by atoms with Crippen molar-refractivity contribution in [1.82, 2.24) is 15.2 Å². The van der Waals surface area contributed by atoms with Gasteiger partial charge in [0.2, 0.25) is 0 Å². The molecule has 1 aromatic heterocycles. The van der Waals surface area contributed by atoms with Gasteiger partial charge in [-0.25, -0.2) is 4.98 Å². The summed E-state index contributed by atoms with van der Waals surface area (Å²) in [5.41, 5.74) is 2.97. The first-order chi connectivity index (χ1) is 8.74. The topological polar surface area (TPSA) is 41.6 Å². The molecule has 0 aliphatic heterocycles. The van der Waals surface area contributed by atoms with E-state index in [1.807, 2.05) is 0 Å². The molecule has 1 unspecified atom stereocenters. The van der Waals surface area contributed by atoms with Gasteiger partial charge in [0.1, 0.15) is 5.82 Å². The van der Waals surface area contributed by atoms with Gasteiger partial charge in [-0.1, -0.05) is 38.1 Å². The molecule has 3 heteroatoms. The van der Waals surface area contributed by atoms with E-state index in [0.29, 0.717) is 11.8 Å². The molecule has 3 rings (SSSR count). The van der Waals surface area contributed by atoms with Gasteiger partial charge in [0.25, 0.3) is 0 Å². The molecule has 1 aliphatic rings. The van der Waals surface area contributed by atoms with Crippen molar-refractivity contribution in [2.24, 2.45) is 0 Å². The summed E-state index contributed by atoms with van der Waals surface area (Å²) >= 11 is 0. The number of hydrogen-bond acceptors (Lipinski definition) is 2. The highest BCUT2D eigenvalue weighted by atomic mass is 15.2. The number of fused-ring (bicyclic) bond motifs is 1. The van der Waals surface area contributed by atoms with Crippen LogP contribution in [0.4, 0.5) is 0 Å². The maximum atomic E-state index is 4.64. The third kappa shape index (κ3) is 2.05. The second-order valence-electron chi connectivity index (χ2n) is 5.44. The van der Waals surface area contributed by atoms with Gasteiger partial charge in [0, 0.05) is 11.8 Å². The summed E-state index contributed by atoms with van der Waals surface area (Å²) in [5.74, 6) is 2.89. The average Bonchev–Trinajstić information content (AvgIpc) is 2.88. The van der Waals surface area contributed by atoms with Crippen LogP contribution in [0.25, 0.3) is 0 Å². The van der Waals surface area contributed by atoms with Gasteiger partial charge in [-0.2, -0.15) is 5.10 Å². The third-order valence-electron chi connectivity index (χ3n) is 3.77. The van der Waals surface area contributed by atoms with Crippen LogP contribution in [-0.2, 0) is 12.8 Å². The Balaban J connectivity index is 1.83. The normalized spacial score (nSPS) is 18.9. The quantitative estimate of drug-likeness (QED) is 0.877. The van der Waals surface area contributed by atoms with Crippen molar-refractivity contribution in [3.8, 4) is 0 Å². The molecule has 1 heterocycles. The number of rotatable bonds is 2. The molecular weight excluding hydrogens is 222 g/mol. The number of aromatic amines is 1. The van der Waals surface area contributed by atoms with Crippen molar-refractivity contribution in [2.45, 2.75) is 44.9 Å². The molecule has 1 atom stereocenters. The SMILES string of the molecule is CC(C)c1n[nH]c(C2CCc3ccccc3C2)n1. The van der Waals surface area contributed by atoms with Gasteiger partial charge in [-0.05, 0) is 30.4 Å². The van der Waals surface area contributed by atoms with Crippen molar-refractivity contribution >= 4 is 0 Å². The maximum Gasteiger partial charge on any atom is 0.153 e. The minimum absolute atomic E-state index is 0.394. The molecule has 0 bridgehead atoms. The van der Waals surface area contributed by atoms with Gasteiger partial charge in [0.15, 0.2) is 5.82 Å². The van der Waals surface area contributed by atoms with Crippen LogP contribution >= 0.6 is 0 Å². The number of aryl methyl sites for hydroxylation is 1. The Bertz CT molecular complexity index is 542. The van der Waals surface area contributed by atoms with Gasteiger partial charge < -0.3 is 0 Å². The lowest BCUT2D eigenvalue weighted by Crippen LogP contribution is -2.13. The van der Waals surface area contributed by atoms with Crippen LogP contribution in [0.1, 0.15) is 54.9 Å². The first-order valence-electron chi connectivity index (χ1n) is 6.73. The van der Waals surface area contributed by atoms with E-state index in [4.69, 9.17) is 0 Å². The molecule has 0 amide bonds. The first-order valence-corrected chi connectivity index (χ1v) is 6.73. The second-order valence-corrected chi connectivity index (χ2v) is 5.44. The first kappa shape index (κ1) is 11.5. The summed E-state index contributed by atoms with van der Waals surface area (Å²) in [5, 5.41) is 7.44. The van der Waals surface area contributed by atoms with E-state index in [1.54, 1.807) is 0 Å². The van der Waals surface area contributed by atoms with Gasteiger partial charge in [-0.3, -0.25) is 5.10 Å². The van der Waals surface area contributed by atoms with Gasteiger partial charge >= 0.3 is 0 Å². The molecule has 0 spiro atoms. The Kier molecular flexibility index (Phi) is 2.90. The largest absolute Gasteiger partial charge is 0.263 e. The molecular formula is C15H19N3. The molecule has 0 radical (unpaired) electrons. The zero-order valence-electron chi connectivity index (χ0n) is 11.0. The second kappa shape index (κ2) is 4.56. The summed E-state index contributed by atoms with van der Waals surface area (Å²) < 4.78 is 0. The molecule has 18 heavy (non-hydrogen) atoms. The van der Waals surface area contributed by atoms with E-state index in [2.05, 4.69) is 53.3 Å². The van der Waals surface area contributed by atoms with Crippen LogP contribution in [0.15, 0.2) is 24.3 Å².